The maximum atomic E-state index is 13.8. The topological polar surface area (TPSA) is 37.3 Å². The van der Waals surface area contributed by atoms with E-state index in [4.69, 9.17) is 0 Å². The van der Waals surface area contributed by atoms with Crippen molar-refractivity contribution in [3.8, 4) is 0 Å². The van der Waals surface area contributed by atoms with E-state index in [1.54, 1.807) is 0 Å². The van der Waals surface area contributed by atoms with Crippen molar-refractivity contribution in [1.29, 1.82) is 0 Å². The van der Waals surface area contributed by atoms with Crippen molar-refractivity contribution in [2.75, 3.05) is 6.67 Å². The highest BCUT2D eigenvalue weighted by Gasteiger charge is 2.70. The standard InChI is InChI=1S/C38H59FO2/c1-24(2)26-13-16-34(5)21-22-36(7)28(31(26)34)9-10-30-35(6)17-14-27(33(3,4)29(35)15-18-37(30,36)8)25-11-19-38(23-39,20-12-25)32(40)41/h11,14,24,26,28-31H,9-10,12-13,15-23H2,1-8H3,(H,40,41)/t26-,28+,29-,30+,31+,34+,35-,36+,37+,38+/m0/s1. The fourth-order valence-corrected chi connectivity index (χ4v) is 13.4. The minimum absolute atomic E-state index is 0.0518. The molecule has 230 valence electrons. The van der Waals surface area contributed by atoms with Gasteiger partial charge in [0.1, 0.15) is 6.67 Å². The highest BCUT2D eigenvalue weighted by atomic mass is 19.1. The van der Waals surface area contributed by atoms with Gasteiger partial charge in [-0.2, -0.15) is 0 Å². The Hall–Kier alpha value is -1.12. The van der Waals surface area contributed by atoms with Gasteiger partial charge in [-0.15, -0.1) is 0 Å². The first kappa shape index (κ1) is 29.9. The zero-order valence-corrected chi connectivity index (χ0v) is 27.5. The van der Waals surface area contributed by atoms with Crippen LogP contribution in [-0.2, 0) is 4.79 Å². The number of allylic oxidation sites excluding steroid dienone is 4. The first-order valence-corrected chi connectivity index (χ1v) is 17.3. The second-order valence-corrected chi connectivity index (χ2v) is 18.0. The monoisotopic (exact) mass is 566 g/mol. The largest absolute Gasteiger partial charge is 0.481 e. The third kappa shape index (κ3) is 3.87. The predicted molar refractivity (Wildman–Crippen MR) is 166 cm³/mol. The molecule has 6 aliphatic rings. The molecule has 0 aliphatic heterocycles. The first-order chi connectivity index (χ1) is 19.1. The molecule has 4 saturated carbocycles. The van der Waals surface area contributed by atoms with E-state index >= 15 is 0 Å². The molecule has 0 aromatic rings. The summed E-state index contributed by atoms with van der Waals surface area (Å²) in [4.78, 5) is 11.9. The molecule has 0 aromatic heterocycles. The van der Waals surface area contributed by atoms with Crippen LogP contribution in [0.25, 0.3) is 0 Å². The second kappa shape index (κ2) is 9.44. The lowest BCUT2D eigenvalue weighted by molar-refractivity contribution is -0.227. The molecule has 10 atom stereocenters. The zero-order chi connectivity index (χ0) is 29.8. The summed E-state index contributed by atoms with van der Waals surface area (Å²) in [6.07, 6.45) is 18.4. The quantitative estimate of drug-likeness (QED) is 0.367. The average molecular weight is 567 g/mol. The van der Waals surface area contributed by atoms with Gasteiger partial charge < -0.3 is 5.11 Å². The summed E-state index contributed by atoms with van der Waals surface area (Å²) in [7, 11) is 0. The Morgan fingerprint density at radius 2 is 1.61 bits per heavy atom. The lowest BCUT2D eigenvalue weighted by Crippen LogP contribution is -2.65. The highest BCUT2D eigenvalue weighted by molar-refractivity contribution is 5.75. The van der Waals surface area contributed by atoms with Crippen molar-refractivity contribution in [3.05, 3.63) is 23.3 Å². The Labute approximate surface area is 250 Å². The normalized spacial score (nSPS) is 50.6. The van der Waals surface area contributed by atoms with Crippen LogP contribution in [0, 0.1) is 68.0 Å². The number of alkyl halides is 1. The van der Waals surface area contributed by atoms with E-state index in [2.05, 4.69) is 67.5 Å². The van der Waals surface area contributed by atoms with E-state index in [1.165, 1.54) is 62.5 Å². The summed E-state index contributed by atoms with van der Waals surface area (Å²) in [5, 5.41) is 9.74. The Morgan fingerprint density at radius 1 is 0.878 bits per heavy atom. The fraction of sp³-hybridized carbons (Fsp3) is 0.868. The van der Waals surface area contributed by atoms with Crippen molar-refractivity contribution in [1.82, 2.24) is 0 Å². The van der Waals surface area contributed by atoms with Gasteiger partial charge in [0.05, 0.1) is 5.41 Å². The third-order valence-corrected chi connectivity index (χ3v) is 16.0. The van der Waals surface area contributed by atoms with E-state index in [1.807, 2.05) is 0 Å². The van der Waals surface area contributed by atoms with E-state index in [-0.39, 0.29) is 5.41 Å². The van der Waals surface area contributed by atoms with Crippen LogP contribution < -0.4 is 0 Å². The van der Waals surface area contributed by atoms with Crippen LogP contribution in [0.15, 0.2) is 23.3 Å². The third-order valence-electron chi connectivity index (χ3n) is 16.0. The number of hydrogen-bond acceptors (Lipinski definition) is 1. The molecule has 0 spiro atoms. The van der Waals surface area contributed by atoms with Crippen molar-refractivity contribution in [2.45, 2.75) is 132 Å². The van der Waals surface area contributed by atoms with Crippen molar-refractivity contribution in [2.24, 2.45) is 68.0 Å². The van der Waals surface area contributed by atoms with E-state index in [0.29, 0.717) is 46.8 Å². The molecule has 0 radical (unpaired) electrons. The molecule has 1 N–H and O–H groups in total. The number of carboxylic acids is 1. The molecule has 6 aliphatic carbocycles. The predicted octanol–water partition coefficient (Wildman–Crippen LogP) is 10.4. The molecular weight excluding hydrogens is 507 g/mol. The van der Waals surface area contributed by atoms with Gasteiger partial charge in [-0.25, -0.2) is 4.39 Å². The molecule has 0 heterocycles. The summed E-state index contributed by atoms with van der Waals surface area (Å²) in [6, 6.07) is 0. The number of hydrogen-bond donors (Lipinski definition) is 1. The zero-order valence-electron chi connectivity index (χ0n) is 27.5. The molecular formula is C38H59FO2. The van der Waals surface area contributed by atoms with Gasteiger partial charge in [-0.05, 0) is 151 Å². The molecule has 6 rings (SSSR count). The van der Waals surface area contributed by atoms with Crippen LogP contribution in [0.4, 0.5) is 4.39 Å². The SMILES string of the molecule is CC(C)[C@@H]1CC[C@]2(C)CC[C@]3(C)[C@H](CC[C@@H]4[C@@]5(C)CC=C(C6=CC[C@@](CF)(C(=O)O)CC6)C(C)(C)[C@@H]5CC[C@]43C)[C@@H]12. The molecule has 0 saturated heterocycles. The Balaban J connectivity index is 1.32. The lowest BCUT2D eigenvalue weighted by Gasteiger charge is -2.72. The molecule has 2 nitrogen and oxygen atoms in total. The maximum absolute atomic E-state index is 13.8. The molecule has 4 fully saturated rings. The van der Waals surface area contributed by atoms with E-state index in [9.17, 15) is 14.3 Å². The molecule has 0 aromatic carbocycles. The van der Waals surface area contributed by atoms with E-state index in [0.717, 1.165) is 36.0 Å². The highest BCUT2D eigenvalue weighted by Crippen LogP contribution is 2.77. The number of aliphatic carboxylic acids is 1. The van der Waals surface area contributed by atoms with Crippen LogP contribution in [0.1, 0.15) is 132 Å². The molecule has 0 amide bonds. The number of carboxylic acid groups (broad SMARTS) is 1. The summed E-state index contributed by atoms with van der Waals surface area (Å²) in [5.41, 5.74) is 3.25. The summed E-state index contributed by atoms with van der Waals surface area (Å²) in [5.74, 6) is 3.88. The number of carbonyl (C=O) groups is 1. The Kier molecular flexibility index (Phi) is 6.89. The molecule has 0 bridgehead atoms. The summed E-state index contributed by atoms with van der Waals surface area (Å²) < 4.78 is 13.8. The average Bonchev–Trinajstić information content (AvgIpc) is 3.27. The molecule has 3 heteroatoms. The first-order valence-electron chi connectivity index (χ1n) is 17.3. The Morgan fingerprint density at radius 3 is 2.22 bits per heavy atom. The number of fused-ring (bicyclic) bond motifs is 7. The van der Waals surface area contributed by atoms with Gasteiger partial charge >= 0.3 is 5.97 Å². The van der Waals surface area contributed by atoms with Crippen molar-refractivity contribution < 1.29 is 14.3 Å². The summed E-state index contributed by atoms with van der Waals surface area (Å²) >= 11 is 0. The van der Waals surface area contributed by atoms with Crippen molar-refractivity contribution >= 4 is 5.97 Å². The van der Waals surface area contributed by atoms with Gasteiger partial charge in [0.15, 0.2) is 0 Å². The van der Waals surface area contributed by atoms with Crippen molar-refractivity contribution in [3.63, 3.8) is 0 Å². The van der Waals surface area contributed by atoms with Gasteiger partial charge in [-0.1, -0.05) is 67.5 Å². The smallest absolute Gasteiger partial charge is 0.312 e. The van der Waals surface area contributed by atoms with Crippen LogP contribution in [0.5, 0.6) is 0 Å². The second-order valence-electron chi connectivity index (χ2n) is 18.0. The van der Waals surface area contributed by atoms with Gasteiger partial charge in [-0.3, -0.25) is 4.79 Å². The minimum atomic E-state index is -1.22. The van der Waals surface area contributed by atoms with Gasteiger partial charge in [0.2, 0.25) is 0 Å². The number of halogens is 1. The lowest BCUT2D eigenvalue weighted by atomic mass is 9.32. The van der Waals surface area contributed by atoms with E-state index < -0.39 is 18.1 Å². The van der Waals surface area contributed by atoms with Crippen LogP contribution >= 0.6 is 0 Å². The molecule has 0 unspecified atom stereocenters. The van der Waals surface area contributed by atoms with Crippen LogP contribution in [0.3, 0.4) is 0 Å². The summed E-state index contributed by atoms with van der Waals surface area (Å²) in [6.45, 7) is 20.0. The minimum Gasteiger partial charge on any atom is -0.481 e. The maximum Gasteiger partial charge on any atom is 0.312 e. The van der Waals surface area contributed by atoms with Crippen LogP contribution in [-0.4, -0.2) is 17.8 Å². The number of rotatable bonds is 4. The molecule has 41 heavy (non-hydrogen) atoms. The fourth-order valence-electron chi connectivity index (χ4n) is 13.4. The van der Waals surface area contributed by atoms with Crippen LogP contribution in [0.2, 0.25) is 0 Å². The van der Waals surface area contributed by atoms with Gasteiger partial charge in [0, 0.05) is 0 Å². The van der Waals surface area contributed by atoms with Gasteiger partial charge in [0.25, 0.3) is 0 Å². The Bertz CT molecular complexity index is 1150.